The van der Waals surface area contributed by atoms with Gasteiger partial charge >= 0.3 is 5.97 Å². The summed E-state index contributed by atoms with van der Waals surface area (Å²) in [6, 6.07) is 13.8. The lowest BCUT2D eigenvalue weighted by atomic mass is 9.84. The topological polar surface area (TPSA) is 114 Å². The molecule has 2 heterocycles. The molecule has 4 atom stereocenters. The lowest BCUT2D eigenvalue weighted by Gasteiger charge is -2.36. The number of alkyl halides is 4. The molecule has 0 N–H and O–H groups in total. The Bertz CT molecular complexity index is 1760. The average molecular weight is 752 g/mol. The smallest absolute Gasteiger partial charge is 0.379 e. The molecule has 3 aliphatic rings. The summed E-state index contributed by atoms with van der Waals surface area (Å²) >= 11 is 45.5. The molecule has 3 amide bonds. The number of fused-ring (bicyclic) bond motifs is 5. The Labute approximate surface area is 289 Å². The summed E-state index contributed by atoms with van der Waals surface area (Å²) in [7, 11) is 0. The maximum Gasteiger partial charge on any atom is 0.379 e. The number of hydrogen-bond donors (Lipinski definition) is 0. The molecule has 45 heavy (non-hydrogen) atoms. The number of allylic oxidation sites excluding steroid dienone is 2. The Morgan fingerprint density at radius 3 is 1.84 bits per heavy atom. The van der Waals surface area contributed by atoms with Crippen LogP contribution in [0.5, 0.6) is 5.75 Å². The van der Waals surface area contributed by atoms with E-state index in [9.17, 15) is 24.0 Å². The number of carbonyl (C=O) groups is 5. The van der Waals surface area contributed by atoms with Gasteiger partial charge in [-0.05, 0) is 60.7 Å². The fraction of sp³-hybridized carbons (Fsp3) is 0.207. The number of ketones is 1. The van der Waals surface area contributed by atoms with Crippen molar-refractivity contribution < 1.29 is 33.1 Å². The zero-order chi connectivity index (χ0) is 32.6. The first-order valence-electron chi connectivity index (χ1n) is 12.8. The number of carbonyl (C=O) groups excluding carboxylic acids is 5. The van der Waals surface area contributed by atoms with Gasteiger partial charge in [0.2, 0.25) is 5.76 Å². The second-order valence-corrected chi connectivity index (χ2v) is 14.0. The summed E-state index contributed by atoms with van der Waals surface area (Å²) < 4.78 is 8.04. The lowest BCUT2D eigenvalue weighted by Crippen LogP contribution is -2.56. The van der Waals surface area contributed by atoms with E-state index in [1.54, 1.807) is 0 Å². The third kappa shape index (κ3) is 4.54. The first-order chi connectivity index (χ1) is 21.2. The highest BCUT2D eigenvalue weighted by Gasteiger charge is 2.88. The van der Waals surface area contributed by atoms with Crippen molar-refractivity contribution >= 4 is 111 Å². The standard InChI is InChI=1S/C29H15Cl7N2O7/c30-15-7-3-14(4-8-15)23(40)37(12-17(39)13-5-9-16(10-6-13)45-26(43)18-2-1-11-44-18)38-24(41)19-20(25(38)42)28(34)22(32)21(31)27(19,33)29(28,35)36/h1-11,19-20H,12H2/t19-,20-,27-,28-/m1/s1. The van der Waals surface area contributed by atoms with Crippen molar-refractivity contribution in [1.29, 1.82) is 0 Å². The number of Topliss-reactive ketones (excluding diaryl/α,β-unsaturated/α-hetero) is 1. The molecule has 0 radical (unpaired) electrons. The fourth-order valence-corrected chi connectivity index (χ4v) is 8.74. The van der Waals surface area contributed by atoms with E-state index in [0.29, 0.717) is 15.0 Å². The Kier molecular flexibility index (Phi) is 8.01. The molecular formula is C29H15Cl7N2O7. The molecule has 9 nitrogen and oxygen atoms in total. The van der Waals surface area contributed by atoms with Gasteiger partial charge in [0, 0.05) is 16.1 Å². The largest absolute Gasteiger partial charge is 0.457 e. The van der Waals surface area contributed by atoms with Crippen LogP contribution in [0.25, 0.3) is 0 Å². The van der Waals surface area contributed by atoms with Gasteiger partial charge in [-0.3, -0.25) is 19.2 Å². The molecular weight excluding hydrogens is 736 g/mol. The highest BCUT2D eigenvalue weighted by molar-refractivity contribution is 6.66. The van der Waals surface area contributed by atoms with Crippen molar-refractivity contribution in [1.82, 2.24) is 10.0 Å². The molecule has 0 unspecified atom stereocenters. The number of imide groups is 1. The predicted molar refractivity (Wildman–Crippen MR) is 166 cm³/mol. The molecule has 0 spiro atoms. The Hall–Kier alpha value is -2.76. The highest BCUT2D eigenvalue weighted by atomic mass is 35.5. The molecule has 1 aliphatic heterocycles. The number of furan rings is 1. The number of hydrogen-bond acceptors (Lipinski definition) is 7. The van der Waals surface area contributed by atoms with Gasteiger partial charge in [-0.15, -0.1) is 23.2 Å². The van der Waals surface area contributed by atoms with Crippen molar-refractivity contribution in [3.8, 4) is 5.75 Å². The third-order valence-corrected chi connectivity index (χ3v) is 12.4. The quantitative estimate of drug-likeness (QED) is 0.0855. The molecule has 6 rings (SSSR count). The predicted octanol–water partition coefficient (Wildman–Crippen LogP) is 6.84. The molecule has 1 aromatic heterocycles. The number of ether oxygens (including phenoxy) is 1. The van der Waals surface area contributed by atoms with Gasteiger partial charge in [-0.1, -0.05) is 58.0 Å². The minimum atomic E-state index is -2.19. The van der Waals surface area contributed by atoms with Gasteiger partial charge in [0.1, 0.15) is 22.0 Å². The molecule has 1 saturated heterocycles. The van der Waals surface area contributed by atoms with E-state index in [2.05, 4.69) is 0 Å². The van der Waals surface area contributed by atoms with E-state index >= 15 is 0 Å². The van der Waals surface area contributed by atoms with Gasteiger partial charge in [0.25, 0.3) is 17.7 Å². The van der Waals surface area contributed by atoms with Crippen LogP contribution in [0.15, 0.2) is 81.4 Å². The van der Waals surface area contributed by atoms with Gasteiger partial charge < -0.3 is 9.15 Å². The number of esters is 1. The second kappa shape index (κ2) is 11.2. The number of rotatable bonds is 7. The van der Waals surface area contributed by atoms with E-state index in [1.165, 1.54) is 66.9 Å². The molecule has 2 aliphatic carbocycles. The molecule has 2 aromatic carbocycles. The molecule has 2 bridgehead atoms. The zero-order valence-electron chi connectivity index (χ0n) is 22.1. The Morgan fingerprint density at radius 1 is 0.800 bits per heavy atom. The first-order valence-corrected chi connectivity index (χ1v) is 15.5. The van der Waals surface area contributed by atoms with Crippen molar-refractivity contribution in [2.75, 3.05) is 6.54 Å². The molecule has 3 aromatic rings. The maximum absolute atomic E-state index is 14.0. The van der Waals surface area contributed by atoms with Crippen molar-refractivity contribution in [3.05, 3.63) is 98.9 Å². The molecule has 2 fully saturated rings. The lowest BCUT2D eigenvalue weighted by molar-refractivity contribution is -0.154. The van der Waals surface area contributed by atoms with Crippen LogP contribution in [-0.2, 0) is 9.59 Å². The van der Waals surface area contributed by atoms with Crippen LogP contribution in [-0.4, -0.2) is 60.1 Å². The minimum Gasteiger partial charge on any atom is -0.457 e. The number of amides is 3. The number of hydrazine groups is 1. The van der Waals surface area contributed by atoms with E-state index in [0.717, 1.165) is 0 Å². The Morgan fingerprint density at radius 2 is 1.33 bits per heavy atom. The summed E-state index contributed by atoms with van der Waals surface area (Å²) in [6.45, 7) is -0.795. The fourth-order valence-electron chi connectivity index (χ4n) is 5.68. The number of nitrogens with zero attached hydrogens (tertiary/aromatic N) is 2. The van der Waals surface area contributed by atoms with Crippen LogP contribution in [0.1, 0.15) is 31.3 Å². The molecule has 16 heteroatoms. The van der Waals surface area contributed by atoms with Crippen LogP contribution in [0.4, 0.5) is 0 Å². The number of benzene rings is 2. The summed E-state index contributed by atoms with van der Waals surface area (Å²) in [4.78, 5) is 63.3. The SMILES string of the molecule is O=C(CN(C(=O)c1ccc(Cl)cc1)N1C(=O)[C@H]2[C@H](C1=O)[C@@]1(Cl)C(Cl)=C(Cl)[C@@]2(Cl)C1(Cl)Cl)c1ccc(OC(=O)c2ccco2)cc1. The van der Waals surface area contributed by atoms with Gasteiger partial charge in [-0.25, -0.2) is 9.80 Å². The first kappa shape index (κ1) is 32.2. The van der Waals surface area contributed by atoms with E-state index < -0.39 is 61.9 Å². The van der Waals surface area contributed by atoms with Crippen LogP contribution in [0.2, 0.25) is 5.02 Å². The second-order valence-electron chi connectivity index (χ2n) is 10.3. The van der Waals surface area contributed by atoms with E-state index in [4.69, 9.17) is 90.4 Å². The van der Waals surface area contributed by atoms with E-state index in [1.807, 2.05) is 0 Å². The summed E-state index contributed by atoms with van der Waals surface area (Å²) in [6.07, 6.45) is 1.31. The average Bonchev–Trinajstić information content (AvgIpc) is 3.70. The van der Waals surface area contributed by atoms with Crippen molar-refractivity contribution in [2.24, 2.45) is 11.8 Å². The zero-order valence-corrected chi connectivity index (χ0v) is 27.4. The molecule has 232 valence electrons. The van der Waals surface area contributed by atoms with Crippen LogP contribution < -0.4 is 4.74 Å². The monoisotopic (exact) mass is 748 g/mol. The van der Waals surface area contributed by atoms with E-state index in [-0.39, 0.29) is 32.7 Å². The normalized spacial score (nSPS) is 26.3. The summed E-state index contributed by atoms with van der Waals surface area (Å²) in [5.41, 5.74) is 0.0457. The third-order valence-electron chi connectivity index (χ3n) is 7.86. The maximum atomic E-state index is 14.0. The van der Waals surface area contributed by atoms with Gasteiger partial charge in [-0.2, -0.15) is 5.01 Å². The van der Waals surface area contributed by atoms with Crippen molar-refractivity contribution in [3.63, 3.8) is 0 Å². The number of halogens is 7. The van der Waals surface area contributed by atoms with Crippen LogP contribution >= 0.6 is 81.2 Å². The highest BCUT2D eigenvalue weighted by Crippen LogP contribution is 2.77. The van der Waals surface area contributed by atoms with Crippen LogP contribution in [0.3, 0.4) is 0 Å². The minimum absolute atomic E-state index is 0.00702. The summed E-state index contributed by atoms with van der Waals surface area (Å²) in [5.74, 6) is -7.40. The summed E-state index contributed by atoms with van der Waals surface area (Å²) in [5, 5.41) is 0.862. The Balaban J connectivity index is 1.33. The van der Waals surface area contributed by atoms with Gasteiger partial charge in [0.05, 0.1) is 28.2 Å². The van der Waals surface area contributed by atoms with Crippen LogP contribution in [0, 0.1) is 11.8 Å². The van der Waals surface area contributed by atoms with Gasteiger partial charge in [0.15, 0.2) is 10.1 Å². The van der Waals surface area contributed by atoms with Crippen molar-refractivity contribution in [2.45, 2.75) is 14.1 Å². The molecule has 1 saturated carbocycles.